The molecule has 4 heteroatoms. The molecule has 0 fully saturated rings. The molecule has 50 heavy (non-hydrogen) atoms. The summed E-state index contributed by atoms with van der Waals surface area (Å²) in [6, 6.07) is 60.0. The highest BCUT2D eigenvalue weighted by Gasteiger charge is 2.25. The van der Waals surface area contributed by atoms with Crippen LogP contribution in [0.1, 0.15) is 0 Å². The molecule has 11 rings (SSSR count). The molecule has 0 N–H and O–H groups in total. The number of rotatable bonds is 4. The van der Waals surface area contributed by atoms with Gasteiger partial charge in [-0.15, -0.1) is 0 Å². The predicted octanol–water partition coefficient (Wildman–Crippen LogP) is 13.2. The molecule has 0 bridgehead atoms. The van der Waals surface area contributed by atoms with Gasteiger partial charge in [0.05, 0.1) is 28.1 Å². The number of anilines is 3. The number of para-hydroxylation sites is 4. The van der Waals surface area contributed by atoms with Crippen LogP contribution in [0.3, 0.4) is 0 Å². The molecule has 3 heterocycles. The van der Waals surface area contributed by atoms with Crippen LogP contribution in [0.5, 0.6) is 0 Å². The van der Waals surface area contributed by atoms with E-state index in [1.165, 1.54) is 5.39 Å². The van der Waals surface area contributed by atoms with E-state index in [-0.39, 0.29) is 0 Å². The first-order chi connectivity index (χ1) is 24.8. The third-order valence-corrected chi connectivity index (χ3v) is 10.2. The van der Waals surface area contributed by atoms with Crippen LogP contribution in [0.4, 0.5) is 17.1 Å². The summed E-state index contributed by atoms with van der Waals surface area (Å²) in [6.45, 7) is 0. The Morgan fingerprint density at radius 2 is 1.06 bits per heavy atom. The van der Waals surface area contributed by atoms with Gasteiger partial charge < -0.3 is 18.3 Å². The average Bonchev–Trinajstić information content (AvgIpc) is 3.85. The SMILES string of the molecule is c1ccc(-n2c3ccccc3c3c(N(c4ccc5c(c4)oc4ccccc45)c4cccc5c4oc4c6ccccc6ccc54)cccc32)cc1. The van der Waals surface area contributed by atoms with Crippen LogP contribution in [0.15, 0.2) is 179 Å². The van der Waals surface area contributed by atoms with Crippen LogP contribution >= 0.6 is 0 Å². The van der Waals surface area contributed by atoms with Crippen molar-refractivity contribution in [2.75, 3.05) is 4.90 Å². The fraction of sp³-hybridized carbons (Fsp3) is 0. The van der Waals surface area contributed by atoms with Gasteiger partial charge in [-0.3, -0.25) is 0 Å². The predicted molar refractivity (Wildman–Crippen MR) is 208 cm³/mol. The van der Waals surface area contributed by atoms with Gasteiger partial charge in [-0.2, -0.15) is 0 Å². The maximum absolute atomic E-state index is 6.96. The topological polar surface area (TPSA) is 34.5 Å². The van der Waals surface area contributed by atoms with Gasteiger partial charge in [-0.1, -0.05) is 103 Å². The van der Waals surface area contributed by atoms with Gasteiger partial charge in [0.15, 0.2) is 5.58 Å². The maximum Gasteiger partial charge on any atom is 0.159 e. The Labute approximate surface area is 286 Å². The third-order valence-electron chi connectivity index (χ3n) is 10.2. The monoisotopic (exact) mass is 640 g/mol. The lowest BCUT2D eigenvalue weighted by atomic mass is 10.0. The van der Waals surface area contributed by atoms with Crippen molar-refractivity contribution in [3.63, 3.8) is 0 Å². The van der Waals surface area contributed by atoms with Gasteiger partial charge in [0, 0.05) is 49.5 Å². The molecule has 0 aliphatic carbocycles. The summed E-state index contributed by atoms with van der Waals surface area (Å²) in [5.74, 6) is 0. The van der Waals surface area contributed by atoms with Crippen molar-refractivity contribution in [3.8, 4) is 5.69 Å². The molecule has 4 nitrogen and oxygen atoms in total. The molecule has 0 aliphatic heterocycles. The molecule has 0 spiro atoms. The van der Waals surface area contributed by atoms with Gasteiger partial charge in [-0.05, 0) is 66.0 Å². The second-order valence-corrected chi connectivity index (χ2v) is 12.9. The minimum atomic E-state index is 0.840. The van der Waals surface area contributed by atoms with E-state index in [2.05, 4.69) is 167 Å². The number of hydrogen-bond donors (Lipinski definition) is 0. The first kappa shape index (κ1) is 27.2. The van der Waals surface area contributed by atoms with Crippen molar-refractivity contribution in [2.24, 2.45) is 0 Å². The number of benzene rings is 8. The summed E-state index contributed by atoms with van der Waals surface area (Å²) in [6.07, 6.45) is 0. The molecule has 0 saturated carbocycles. The fourth-order valence-electron chi connectivity index (χ4n) is 7.99. The summed E-state index contributed by atoms with van der Waals surface area (Å²) in [5, 5.41) is 9.00. The third kappa shape index (κ3) is 3.81. The van der Waals surface area contributed by atoms with E-state index in [1.54, 1.807) is 0 Å². The highest BCUT2D eigenvalue weighted by Crippen LogP contribution is 2.48. The summed E-state index contributed by atoms with van der Waals surface area (Å²) in [4.78, 5) is 2.35. The van der Waals surface area contributed by atoms with Crippen molar-refractivity contribution in [2.45, 2.75) is 0 Å². The number of aromatic nitrogens is 1. The molecular formula is C46H28N2O2. The quantitative estimate of drug-likeness (QED) is 0.192. The lowest BCUT2D eigenvalue weighted by molar-refractivity contribution is 0.668. The van der Waals surface area contributed by atoms with E-state index in [9.17, 15) is 0 Å². The number of nitrogens with zero attached hydrogens (tertiary/aromatic N) is 2. The lowest BCUT2D eigenvalue weighted by Crippen LogP contribution is -2.10. The minimum Gasteiger partial charge on any atom is -0.456 e. The molecule has 0 saturated heterocycles. The van der Waals surface area contributed by atoms with E-state index in [0.717, 1.165) is 93.8 Å². The molecule has 8 aromatic carbocycles. The Hall–Kier alpha value is -6.78. The van der Waals surface area contributed by atoms with Crippen LogP contribution in [0.25, 0.3) is 82.1 Å². The van der Waals surface area contributed by atoms with Crippen LogP contribution in [0, 0.1) is 0 Å². The molecule has 11 aromatic rings. The largest absolute Gasteiger partial charge is 0.456 e. The van der Waals surface area contributed by atoms with Crippen LogP contribution in [0.2, 0.25) is 0 Å². The molecule has 234 valence electrons. The van der Waals surface area contributed by atoms with Crippen molar-refractivity contribution in [1.29, 1.82) is 0 Å². The fourth-order valence-corrected chi connectivity index (χ4v) is 7.99. The molecule has 0 atom stereocenters. The van der Waals surface area contributed by atoms with Crippen LogP contribution in [-0.4, -0.2) is 4.57 Å². The lowest BCUT2D eigenvalue weighted by Gasteiger charge is -2.26. The number of hydrogen-bond acceptors (Lipinski definition) is 3. The first-order valence-corrected chi connectivity index (χ1v) is 16.9. The summed E-state index contributed by atoms with van der Waals surface area (Å²) in [5.41, 5.74) is 9.87. The average molecular weight is 641 g/mol. The van der Waals surface area contributed by atoms with E-state index < -0.39 is 0 Å². The van der Waals surface area contributed by atoms with Gasteiger partial charge in [0.2, 0.25) is 0 Å². The zero-order valence-corrected chi connectivity index (χ0v) is 26.9. The first-order valence-electron chi connectivity index (χ1n) is 16.9. The summed E-state index contributed by atoms with van der Waals surface area (Å²) < 4.78 is 15.8. The molecule has 0 unspecified atom stereocenters. The molecule has 0 aliphatic rings. The van der Waals surface area contributed by atoms with Gasteiger partial charge in [0.25, 0.3) is 0 Å². The van der Waals surface area contributed by atoms with Crippen LogP contribution in [-0.2, 0) is 0 Å². The van der Waals surface area contributed by atoms with E-state index in [1.807, 2.05) is 12.1 Å². The van der Waals surface area contributed by atoms with Gasteiger partial charge in [0.1, 0.15) is 16.7 Å². The molecule has 0 amide bonds. The van der Waals surface area contributed by atoms with Crippen LogP contribution < -0.4 is 4.90 Å². The highest BCUT2D eigenvalue weighted by atomic mass is 16.3. The van der Waals surface area contributed by atoms with E-state index >= 15 is 0 Å². The number of furan rings is 2. The second-order valence-electron chi connectivity index (χ2n) is 12.9. The Kier molecular flexibility index (Phi) is 5.63. The summed E-state index contributed by atoms with van der Waals surface area (Å²) in [7, 11) is 0. The molecule has 3 aromatic heterocycles. The maximum atomic E-state index is 6.96. The van der Waals surface area contributed by atoms with Crippen molar-refractivity contribution < 1.29 is 8.83 Å². The van der Waals surface area contributed by atoms with Crippen molar-refractivity contribution >= 4 is 93.5 Å². The van der Waals surface area contributed by atoms with Crippen molar-refractivity contribution in [3.05, 3.63) is 170 Å². The minimum absolute atomic E-state index is 0.840. The number of fused-ring (bicyclic) bond motifs is 11. The standard InChI is InChI=1S/C46H28N2O2/c1-2-13-30(14-3-1)47-38-19-8-6-17-37(38)44-39(47)20-11-21-40(44)48(31-25-27-34-33-16-7-9-23-42(33)49-43(34)28-31)41-22-10-18-35-36-26-24-29-12-4-5-15-32(29)45(36)50-46(35)41/h1-28H. The van der Waals surface area contributed by atoms with E-state index in [0.29, 0.717) is 0 Å². The van der Waals surface area contributed by atoms with Gasteiger partial charge in [-0.25, -0.2) is 0 Å². The zero-order chi connectivity index (χ0) is 32.8. The Morgan fingerprint density at radius 1 is 0.400 bits per heavy atom. The molecular weight excluding hydrogens is 613 g/mol. The summed E-state index contributed by atoms with van der Waals surface area (Å²) >= 11 is 0. The Bertz CT molecular complexity index is 3110. The Balaban J connectivity index is 1.26. The highest BCUT2D eigenvalue weighted by molar-refractivity contribution is 6.20. The normalized spacial score (nSPS) is 12.0. The van der Waals surface area contributed by atoms with Crippen molar-refractivity contribution in [1.82, 2.24) is 4.57 Å². The van der Waals surface area contributed by atoms with Gasteiger partial charge >= 0.3 is 0 Å². The Morgan fingerprint density at radius 3 is 1.98 bits per heavy atom. The van der Waals surface area contributed by atoms with E-state index in [4.69, 9.17) is 8.83 Å². The molecule has 0 radical (unpaired) electrons. The zero-order valence-electron chi connectivity index (χ0n) is 26.9. The second kappa shape index (κ2) is 10.4. The smallest absolute Gasteiger partial charge is 0.159 e.